The molecule has 94 heavy (non-hydrogen) atoms. The molecule has 438 valence electrons. The molecular formula is C86H56BN7. The lowest BCUT2D eigenvalue weighted by Gasteiger charge is -2.44. The first-order valence-corrected chi connectivity index (χ1v) is 32.0. The maximum atomic E-state index is 5.71. The third-order valence-corrected chi connectivity index (χ3v) is 18.6. The monoisotopic (exact) mass is 1200 g/mol. The summed E-state index contributed by atoms with van der Waals surface area (Å²) >= 11 is 0. The van der Waals surface area contributed by atoms with Crippen LogP contribution < -0.4 is 26.2 Å². The number of anilines is 6. The highest BCUT2D eigenvalue weighted by Gasteiger charge is 2.43. The number of benzene rings is 13. The summed E-state index contributed by atoms with van der Waals surface area (Å²) in [5.41, 5.74) is 27.2. The van der Waals surface area contributed by atoms with Gasteiger partial charge in [-0.1, -0.05) is 249 Å². The molecule has 0 radical (unpaired) electrons. The van der Waals surface area contributed by atoms with E-state index in [2.05, 4.69) is 330 Å². The minimum Gasteiger partial charge on any atom is -0.311 e. The standard InChI is InChI=1S/C86H56BN7/c1-7-25-57(26-8-1)63-47-49-78-69(51-63)68-37-19-22-40-77(68)94(78)79-50-48-64(75-55-73(59-27-9-2-10-28-59)88-85(90-75)61-31-13-4-14-32-61)52-70(79)76-56-74(60-29-11-3-12-30-60)89-86(91-76)62-45-43-58(44-46-62)65-53-82-84-83(54-65)93(67-35-17-6-18-36-67)81-42-24-21-39-72(81)87(84)71-38-20-23-41-80(71)92(82)66-33-15-5-16-34-66/h1-56H. The molecule has 0 bridgehead atoms. The fourth-order valence-electron chi connectivity index (χ4n) is 14.3. The van der Waals surface area contributed by atoms with E-state index in [1.807, 2.05) is 24.3 Å². The third kappa shape index (κ3) is 9.38. The lowest BCUT2D eigenvalue weighted by atomic mass is 9.33. The van der Waals surface area contributed by atoms with Gasteiger partial charge >= 0.3 is 0 Å². The Kier molecular flexibility index (Phi) is 13.2. The van der Waals surface area contributed by atoms with Crippen molar-refractivity contribution < 1.29 is 0 Å². The molecule has 0 fully saturated rings. The zero-order valence-corrected chi connectivity index (χ0v) is 51.0. The number of fused-ring (bicyclic) bond motifs is 7. The third-order valence-electron chi connectivity index (χ3n) is 18.6. The van der Waals surface area contributed by atoms with Crippen molar-refractivity contribution in [2.45, 2.75) is 0 Å². The molecule has 0 saturated carbocycles. The van der Waals surface area contributed by atoms with Crippen LogP contribution in [0.25, 0.3) is 118 Å². The maximum Gasteiger partial charge on any atom is 0.252 e. The van der Waals surface area contributed by atoms with Crippen molar-refractivity contribution in [1.29, 1.82) is 0 Å². The van der Waals surface area contributed by atoms with Crippen LogP contribution in [-0.2, 0) is 0 Å². The van der Waals surface area contributed by atoms with E-state index in [1.54, 1.807) is 0 Å². The molecule has 0 atom stereocenters. The summed E-state index contributed by atoms with van der Waals surface area (Å²) in [7, 11) is 0. The molecule has 0 spiro atoms. The SMILES string of the molecule is c1ccc(-c2ccc3c(c2)c2ccccc2n3-c2ccc(-c3cc(-c4ccccc4)nc(-c4ccccc4)n3)cc2-c2cc(-c3ccccc3)nc(-c3ccc(-c4cc5c6c(c4)N(c4ccccc4)c4ccccc4B6c4ccccc4N5c4ccccc4)cc3)n2)cc1. The predicted molar refractivity (Wildman–Crippen MR) is 389 cm³/mol. The zero-order chi connectivity index (χ0) is 62.1. The maximum absolute atomic E-state index is 5.71. The normalized spacial score (nSPS) is 12.2. The summed E-state index contributed by atoms with van der Waals surface area (Å²) in [6, 6.07) is 121. The Morgan fingerprint density at radius 2 is 0.638 bits per heavy atom. The summed E-state index contributed by atoms with van der Waals surface area (Å²) in [5.74, 6) is 1.26. The van der Waals surface area contributed by atoms with Gasteiger partial charge in [-0.25, -0.2) is 19.9 Å². The first-order chi connectivity index (χ1) is 46.6. The molecule has 7 nitrogen and oxygen atoms in total. The number of aromatic nitrogens is 5. The minimum atomic E-state index is 0.0140. The van der Waals surface area contributed by atoms with Crippen LogP contribution in [0.3, 0.4) is 0 Å². The first-order valence-electron chi connectivity index (χ1n) is 32.0. The van der Waals surface area contributed by atoms with Gasteiger partial charge in [0, 0.05) is 78.3 Å². The van der Waals surface area contributed by atoms with Gasteiger partial charge in [0.1, 0.15) is 0 Å². The number of rotatable bonds is 11. The Hall–Kier alpha value is -12.5. The van der Waals surface area contributed by atoms with Crippen LogP contribution in [0.1, 0.15) is 0 Å². The largest absolute Gasteiger partial charge is 0.311 e. The summed E-state index contributed by atoms with van der Waals surface area (Å²) in [6.07, 6.45) is 0. The van der Waals surface area contributed by atoms with Crippen molar-refractivity contribution in [3.63, 3.8) is 0 Å². The first kappa shape index (κ1) is 54.4. The van der Waals surface area contributed by atoms with Crippen molar-refractivity contribution in [2.75, 3.05) is 9.80 Å². The van der Waals surface area contributed by atoms with Crippen LogP contribution in [-0.4, -0.2) is 31.2 Å². The molecule has 16 aromatic rings. The molecule has 0 N–H and O–H groups in total. The van der Waals surface area contributed by atoms with E-state index in [4.69, 9.17) is 19.9 Å². The molecule has 2 aliphatic rings. The predicted octanol–water partition coefficient (Wildman–Crippen LogP) is 19.8. The van der Waals surface area contributed by atoms with Crippen LogP contribution in [0, 0.1) is 0 Å². The molecule has 13 aromatic carbocycles. The molecule has 3 aromatic heterocycles. The van der Waals surface area contributed by atoms with Gasteiger partial charge in [-0.05, 0) is 130 Å². The highest BCUT2D eigenvalue weighted by molar-refractivity contribution is 7.00. The Balaban J connectivity index is 0.836. The Bertz CT molecular complexity index is 5380. The highest BCUT2D eigenvalue weighted by Crippen LogP contribution is 2.47. The van der Waals surface area contributed by atoms with E-state index in [0.717, 1.165) is 123 Å². The Morgan fingerprint density at radius 3 is 1.21 bits per heavy atom. The smallest absolute Gasteiger partial charge is 0.252 e. The van der Waals surface area contributed by atoms with Crippen molar-refractivity contribution >= 4 is 79.0 Å². The second kappa shape index (κ2) is 22.8. The number of para-hydroxylation sites is 5. The topological polar surface area (TPSA) is 63.0 Å². The number of hydrogen-bond acceptors (Lipinski definition) is 6. The second-order valence-corrected chi connectivity index (χ2v) is 24.1. The zero-order valence-electron chi connectivity index (χ0n) is 51.0. The van der Waals surface area contributed by atoms with Gasteiger partial charge in [0.25, 0.3) is 6.71 Å². The van der Waals surface area contributed by atoms with Gasteiger partial charge in [-0.3, -0.25) is 0 Å². The lowest BCUT2D eigenvalue weighted by Crippen LogP contribution is -2.61. The Morgan fingerprint density at radius 1 is 0.234 bits per heavy atom. The average Bonchev–Trinajstić information content (AvgIpc) is 0.836. The van der Waals surface area contributed by atoms with Crippen molar-refractivity contribution in [1.82, 2.24) is 24.5 Å². The average molecular weight is 1200 g/mol. The summed E-state index contributed by atoms with van der Waals surface area (Å²) < 4.78 is 2.41. The summed E-state index contributed by atoms with van der Waals surface area (Å²) in [4.78, 5) is 26.7. The Labute approximate surface area is 545 Å². The molecule has 0 unspecified atom stereocenters. The quantitative estimate of drug-likeness (QED) is 0.120. The van der Waals surface area contributed by atoms with Gasteiger partial charge < -0.3 is 14.4 Å². The molecule has 5 heterocycles. The van der Waals surface area contributed by atoms with E-state index in [1.165, 1.54) is 33.3 Å². The van der Waals surface area contributed by atoms with Crippen molar-refractivity contribution in [3.05, 3.63) is 340 Å². The molecule has 0 saturated heterocycles. The van der Waals surface area contributed by atoms with E-state index < -0.39 is 0 Å². The van der Waals surface area contributed by atoms with E-state index in [-0.39, 0.29) is 6.71 Å². The van der Waals surface area contributed by atoms with E-state index in [9.17, 15) is 0 Å². The van der Waals surface area contributed by atoms with Crippen LogP contribution >= 0.6 is 0 Å². The van der Waals surface area contributed by atoms with Crippen molar-refractivity contribution in [3.8, 4) is 95.7 Å². The van der Waals surface area contributed by atoms with Gasteiger partial charge in [-0.15, -0.1) is 0 Å². The van der Waals surface area contributed by atoms with Crippen LogP contribution in [0.15, 0.2) is 340 Å². The van der Waals surface area contributed by atoms with Gasteiger partial charge in [0.05, 0.1) is 39.5 Å². The van der Waals surface area contributed by atoms with E-state index >= 15 is 0 Å². The molecule has 0 aliphatic carbocycles. The van der Waals surface area contributed by atoms with Crippen molar-refractivity contribution in [2.24, 2.45) is 0 Å². The van der Waals surface area contributed by atoms with Gasteiger partial charge in [-0.2, -0.15) is 0 Å². The van der Waals surface area contributed by atoms with Crippen LogP contribution in [0.5, 0.6) is 0 Å². The molecular weight excluding hydrogens is 1140 g/mol. The number of hydrogen-bond donors (Lipinski definition) is 0. The molecule has 0 amide bonds. The summed E-state index contributed by atoms with van der Waals surface area (Å²) in [6.45, 7) is 0.0140. The van der Waals surface area contributed by atoms with Crippen LogP contribution in [0.4, 0.5) is 34.1 Å². The lowest BCUT2D eigenvalue weighted by molar-refractivity contribution is 1.15. The van der Waals surface area contributed by atoms with Gasteiger partial charge in [0.2, 0.25) is 0 Å². The fourth-order valence-corrected chi connectivity index (χ4v) is 14.3. The number of nitrogens with zero attached hydrogens (tertiary/aromatic N) is 7. The second-order valence-electron chi connectivity index (χ2n) is 24.1. The van der Waals surface area contributed by atoms with Crippen LogP contribution in [0.2, 0.25) is 0 Å². The van der Waals surface area contributed by atoms with Gasteiger partial charge in [0.15, 0.2) is 11.6 Å². The molecule has 8 heteroatoms. The minimum absolute atomic E-state index is 0.0140. The van der Waals surface area contributed by atoms with E-state index in [0.29, 0.717) is 11.6 Å². The molecule has 2 aliphatic heterocycles. The summed E-state index contributed by atoms with van der Waals surface area (Å²) in [5, 5.41) is 2.32. The highest BCUT2D eigenvalue weighted by atomic mass is 15.2. The molecule has 18 rings (SSSR count). The fraction of sp³-hybridized carbons (Fsp3) is 0.